The summed E-state index contributed by atoms with van der Waals surface area (Å²) in [7, 11) is -1.83. The van der Waals surface area contributed by atoms with Gasteiger partial charge in [-0.2, -0.15) is 9.40 Å². The fourth-order valence-corrected chi connectivity index (χ4v) is 5.50. The number of furan rings is 1. The van der Waals surface area contributed by atoms with Gasteiger partial charge >= 0.3 is 5.97 Å². The summed E-state index contributed by atoms with van der Waals surface area (Å²) in [6.07, 6.45) is 3.56. The number of sulfonamides is 1. The lowest BCUT2D eigenvalue weighted by Crippen LogP contribution is -2.39. The minimum absolute atomic E-state index is 0.0736. The van der Waals surface area contributed by atoms with Gasteiger partial charge in [-0.25, -0.2) is 13.2 Å². The fraction of sp³-hybridized carbons (Fsp3) is 0.429. The Bertz CT molecular complexity index is 1190. The lowest BCUT2D eigenvalue weighted by Gasteiger charge is -2.31. The van der Waals surface area contributed by atoms with Crippen molar-refractivity contribution >= 4 is 27.0 Å². The fourth-order valence-electron chi connectivity index (χ4n) is 3.95. The molecule has 8 nitrogen and oxygen atoms in total. The molecule has 1 aliphatic heterocycles. The third-order valence-electron chi connectivity index (χ3n) is 5.54. The zero-order valence-corrected chi connectivity index (χ0v) is 18.1. The minimum Gasteiger partial charge on any atom is -0.460 e. The number of aryl methyl sites for hydroxylation is 2. The second-order valence-corrected chi connectivity index (χ2v) is 9.49. The number of fused-ring (bicyclic) bond motifs is 1. The van der Waals surface area contributed by atoms with Gasteiger partial charge in [-0.3, -0.25) is 4.68 Å². The molecule has 1 aromatic carbocycles. The quantitative estimate of drug-likeness (QED) is 0.576. The summed E-state index contributed by atoms with van der Waals surface area (Å²) in [5, 5.41) is 5.04. The van der Waals surface area contributed by atoms with E-state index in [0.717, 1.165) is 18.5 Å². The minimum atomic E-state index is -3.68. The summed E-state index contributed by atoms with van der Waals surface area (Å²) in [6.45, 7) is 4.56. The lowest BCUT2D eigenvalue weighted by molar-refractivity contribution is 0.0491. The summed E-state index contributed by atoms with van der Waals surface area (Å²) >= 11 is 0. The zero-order valence-electron chi connectivity index (χ0n) is 17.3. The smallest absolute Gasteiger partial charge is 0.374 e. The molecule has 0 aliphatic carbocycles. The number of nitrogens with zero attached hydrogens (tertiary/aromatic N) is 3. The molecule has 1 saturated heterocycles. The molecule has 1 aliphatic rings. The first-order valence-electron chi connectivity index (χ1n) is 10.0. The predicted octanol–water partition coefficient (Wildman–Crippen LogP) is 3.22. The van der Waals surface area contributed by atoms with E-state index >= 15 is 0 Å². The Morgan fingerprint density at radius 3 is 2.83 bits per heavy atom. The molecule has 9 heteroatoms. The molecule has 30 heavy (non-hydrogen) atoms. The highest BCUT2D eigenvalue weighted by molar-refractivity contribution is 7.89. The van der Waals surface area contributed by atoms with E-state index in [1.165, 1.54) is 10.4 Å². The van der Waals surface area contributed by atoms with Crippen molar-refractivity contribution in [3.63, 3.8) is 0 Å². The van der Waals surface area contributed by atoms with Crippen molar-refractivity contribution < 1.29 is 22.4 Å². The van der Waals surface area contributed by atoms with Crippen molar-refractivity contribution in [1.29, 1.82) is 0 Å². The normalized spacial score (nSPS) is 18.0. The monoisotopic (exact) mass is 431 g/mol. The van der Waals surface area contributed by atoms with Crippen LogP contribution >= 0.6 is 0 Å². The van der Waals surface area contributed by atoms with Crippen molar-refractivity contribution in [2.45, 2.75) is 37.5 Å². The van der Waals surface area contributed by atoms with E-state index in [4.69, 9.17) is 9.15 Å². The number of hydrogen-bond donors (Lipinski definition) is 0. The number of carbonyl (C=O) groups is 1. The van der Waals surface area contributed by atoms with E-state index in [2.05, 4.69) is 5.10 Å². The van der Waals surface area contributed by atoms with Crippen LogP contribution in [-0.2, 0) is 21.8 Å². The lowest BCUT2D eigenvalue weighted by atomic mass is 9.96. The van der Waals surface area contributed by atoms with Gasteiger partial charge in [0.05, 0.1) is 17.2 Å². The van der Waals surface area contributed by atoms with Gasteiger partial charge in [0.25, 0.3) is 0 Å². The number of carbonyl (C=O) groups excluding carboxylic acids is 1. The van der Waals surface area contributed by atoms with Gasteiger partial charge in [-0.05, 0) is 51.0 Å². The molecular formula is C21H25N3O5S. The number of esters is 1. The molecule has 0 N–H and O–H groups in total. The van der Waals surface area contributed by atoms with Crippen LogP contribution in [-0.4, -0.2) is 48.2 Å². The van der Waals surface area contributed by atoms with E-state index in [9.17, 15) is 13.2 Å². The molecule has 160 valence electrons. The SMILES string of the molecule is CCOC(=O)c1oc2ccc(S(=O)(=O)N3CCC[C@@H](c4ccn(C)n4)C3)cc2c1C. The van der Waals surface area contributed by atoms with E-state index < -0.39 is 16.0 Å². The first kappa shape index (κ1) is 20.6. The predicted molar refractivity (Wildman–Crippen MR) is 111 cm³/mol. The van der Waals surface area contributed by atoms with Gasteiger partial charge in [0.1, 0.15) is 5.58 Å². The molecule has 1 fully saturated rings. The number of ether oxygens (including phenoxy) is 1. The van der Waals surface area contributed by atoms with E-state index in [1.807, 2.05) is 19.3 Å². The highest BCUT2D eigenvalue weighted by Gasteiger charge is 2.32. The van der Waals surface area contributed by atoms with Crippen LogP contribution in [0.25, 0.3) is 11.0 Å². The molecule has 2 aromatic heterocycles. The molecule has 4 rings (SSSR count). The van der Waals surface area contributed by atoms with Crippen LogP contribution in [0.4, 0.5) is 0 Å². The Morgan fingerprint density at radius 1 is 1.33 bits per heavy atom. The molecule has 0 amide bonds. The maximum absolute atomic E-state index is 13.3. The van der Waals surface area contributed by atoms with E-state index in [0.29, 0.717) is 29.6 Å². The van der Waals surface area contributed by atoms with Gasteiger partial charge in [-0.1, -0.05) is 0 Å². The zero-order chi connectivity index (χ0) is 21.5. The molecular weight excluding hydrogens is 406 g/mol. The summed E-state index contributed by atoms with van der Waals surface area (Å²) in [6, 6.07) is 6.65. The Kier molecular flexibility index (Phi) is 5.42. The Labute approximate surface area is 175 Å². The standard InChI is InChI=1S/C21H25N3O5S/c1-4-28-21(25)20-14(2)17-12-16(7-8-19(17)29-20)30(26,27)24-10-5-6-15(13-24)18-9-11-23(3)22-18/h7-9,11-12,15H,4-6,10,13H2,1-3H3/t15-/m1/s1. The maximum atomic E-state index is 13.3. The van der Waals surface area contributed by atoms with Gasteiger partial charge in [0.2, 0.25) is 15.8 Å². The van der Waals surface area contributed by atoms with Crippen LogP contribution in [0.3, 0.4) is 0 Å². The third-order valence-corrected chi connectivity index (χ3v) is 7.40. The second-order valence-electron chi connectivity index (χ2n) is 7.55. The average Bonchev–Trinajstić information content (AvgIpc) is 3.31. The van der Waals surface area contributed by atoms with Crippen LogP contribution < -0.4 is 0 Å². The molecule has 0 bridgehead atoms. The van der Waals surface area contributed by atoms with E-state index in [-0.39, 0.29) is 23.2 Å². The highest BCUT2D eigenvalue weighted by Crippen LogP contribution is 2.32. The molecule has 0 spiro atoms. The number of hydrogen-bond acceptors (Lipinski definition) is 6. The molecule has 0 radical (unpaired) electrons. The largest absolute Gasteiger partial charge is 0.460 e. The van der Waals surface area contributed by atoms with Crippen molar-refractivity contribution in [1.82, 2.24) is 14.1 Å². The summed E-state index contributed by atoms with van der Waals surface area (Å²) < 4.78 is 40.6. The number of benzene rings is 1. The van der Waals surface area contributed by atoms with Crippen LogP contribution in [0.1, 0.15) is 47.5 Å². The van der Waals surface area contributed by atoms with Crippen molar-refractivity contribution in [2.75, 3.05) is 19.7 Å². The van der Waals surface area contributed by atoms with E-state index in [1.54, 1.807) is 30.7 Å². The van der Waals surface area contributed by atoms with Crippen LogP contribution in [0, 0.1) is 6.92 Å². The van der Waals surface area contributed by atoms with Crippen molar-refractivity contribution in [3.8, 4) is 0 Å². The molecule has 3 heterocycles. The molecule has 3 aromatic rings. The van der Waals surface area contributed by atoms with Gasteiger partial charge < -0.3 is 9.15 Å². The molecule has 0 saturated carbocycles. The summed E-state index contributed by atoms with van der Waals surface area (Å²) in [5.41, 5.74) is 1.95. The summed E-state index contributed by atoms with van der Waals surface area (Å²) in [5.74, 6) is -0.371. The van der Waals surface area contributed by atoms with Crippen molar-refractivity contribution in [3.05, 3.63) is 47.5 Å². The van der Waals surface area contributed by atoms with Crippen LogP contribution in [0.5, 0.6) is 0 Å². The number of aromatic nitrogens is 2. The second kappa shape index (κ2) is 7.88. The molecule has 0 unspecified atom stereocenters. The van der Waals surface area contributed by atoms with Gasteiger partial charge in [0.15, 0.2) is 0 Å². The first-order chi connectivity index (χ1) is 14.3. The van der Waals surface area contributed by atoms with Crippen LogP contribution in [0.15, 0.2) is 39.8 Å². The van der Waals surface area contributed by atoms with Crippen molar-refractivity contribution in [2.24, 2.45) is 7.05 Å². The Morgan fingerprint density at radius 2 is 2.13 bits per heavy atom. The average molecular weight is 432 g/mol. The Hall–Kier alpha value is -2.65. The first-order valence-corrected chi connectivity index (χ1v) is 11.4. The number of rotatable bonds is 5. The van der Waals surface area contributed by atoms with Gasteiger partial charge in [0, 0.05) is 43.2 Å². The molecule has 1 atom stereocenters. The third kappa shape index (κ3) is 3.63. The number of piperidine rings is 1. The van der Waals surface area contributed by atoms with Crippen LogP contribution in [0.2, 0.25) is 0 Å². The topological polar surface area (TPSA) is 94.6 Å². The maximum Gasteiger partial charge on any atom is 0.374 e. The Balaban J connectivity index is 1.65. The highest BCUT2D eigenvalue weighted by atomic mass is 32.2. The summed E-state index contributed by atoms with van der Waals surface area (Å²) in [4.78, 5) is 12.3. The van der Waals surface area contributed by atoms with Gasteiger partial charge in [-0.15, -0.1) is 0 Å².